The van der Waals surface area contributed by atoms with Gasteiger partial charge in [-0.1, -0.05) is 12.1 Å². The van der Waals surface area contributed by atoms with Crippen molar-refractivity contribution in [1.29, 1.82) is 0 Å². The molecule has 160 valence electrons. The summed E-state index contributed by atoms with van der Waals surface area (Å²) in [7, 11) is 0. The Bertz CT molecular complexity index is 959. The lowest BCUT2D eigenvalue weighted by Gasteiger charge is -2.48. The van der Waals surface area contributed by atoms with Crippen molar-refractivity contribution in [3.05, 3.63) is 41.3 Å². The molecule has 3 saturated heterocycles. The SMILES string of the molecule is CC1CC2CCN1C[C@@H]2NC(=O)c1ccc(-c2cccc(NC(=O)C(F)(F)F)c2)s1. The molecule has 4 heterocycles. The van der Waals surface area contributed by atoms with Gasteiger partial charge in [0.15, 0.2) is 0 Å². The summed E-state index contributed by atoms with van der Waals surface area (Å²) >= 11 is 1.28. The smallest absolute Gasteiger partial charge is 0.347 e. The van der Waals surface area contributed by atoms with Crippen LogP contribution in [0.25, 0.3) is 10.4 Å². The van der Waals surface area contributed by atoms with Crippen LogP contribution in [-0.4, -0.2) is 48.1 Å². The Labute approximate surface area is 176 Å². The minimum atomic E-state index is -4.95. The predicted octanol–water partition coefficient (Wildman–Crippen LogP) is 4.13. The number of anilines is 1. The second-order valence-corrected chi connectivity index (χ2v) is 8.99. The lowest BCUT2D eigenvalue weighted by atomic mass is 9.80. The number of thiophene rings is 1. The van der Waals surface area contributed by atoms with Crippen LogP contribution in [0, 0.1) is 5.92 Å². The Morgan fingerprint density at radius 1 is 1.20 bits per heavy atom. The lowest BCUT2D eigenvalue weighted by molar-refractivity contribution is -0.167. The number of amides is 2. The number of benzene rings is 1. The highest BCUT2D eigenvalue weighted by atomic mass is 32.1. The Kier molecular flexibility index (Phi) is 5.59. The molecule has 30 heavy (non-hydrogen) atoms. The molecule has 0 spiro atoms. The number of halogens is 3. The molecule has 3 aliphatic rings. The van der Waals surface area contributed by atoms with Crippen LogP contribution in [0.1, 0.15) is 29.4 Å². The molecule has 2 bridgehead atoms. The molecule has 3 unspecified atom stereocenters. The monoisotopic (exact) mass is 437 g/mol. The van der Waals surface area contributed by atoms with Gasteiger partial charge in [-0.25, -0.2) is 0 Å². The van der Waals surface area contributed by atoms with Gasteiger partial charge in [-0.05, 0) is 62.1 Å². The van der Waals surface area contributed by atoms with Crippen molar-refractivity contribution in [2.75, 3.05) is 18.4 Å². The largest absolute Gasteiger partial charge is 0.471 e. The van der Waals surface area contributed by atoms with Gasteiger partial charge in [0.25, 0.3) is 5.91 Å². The van der Waals surface area contributed by atoms with Gasteiger partial charge in [0.2, 0.25) is 0 Å². The molecule has 4 atom stereocenters. The van der Waals surface area contributed by atoms with Crippen LogP contribution in [0.4, 0.5) is 18.9 Å². The van der Waals surface area contributed by atoms with Crippen molar-refractivity contribution in [2.45, 2.75) is 38.0 Å². The van der Waals surface area contributed by atoms with Gasteiger partial charge in [-0.3, -0.25) is 14.5 Å². The third-order valence-electron chi connectivity index (χ3n) is 5.86. The maximum absolute atomic E-state index is 12.7. The van der Waals surface area contributed by atoms with E-state index in [1.807, 2.05) is 5.32 Å². The van der Waals surface area contributed by atoms with E-state index in [-0.39, 0.29) is 17.6 Å². The van der Waals surface area contributed by atoms with E-state index in [2.05, 4.69) is 17.1 Å². The summed E-state index contributed by atoms with van der Waals surface area (Å²) in [6.07, 6.45) is -2.75. The Balaban J connectivity index is 1.43. The number of alkyl halides is 3. The van der Waals surface area contributed by atoms with Crippen molar-refractivity contribution in [1.82, 2.24) is 10.2 Å². The number of nitrogens with zero attached hydrogens (tertiary/aromatic N) is 1. The first-order chi connectivity index (χ1) is 14.2. The van der Waals surface area contributed by atoms with Crippen LogP contribution in [0.2, 0.25) is 0 Å². The van der Waals surface area contributed by atoms with Gasteiger partial charge in [0.1, 0.15) is 0 Å². The van der Waals surface area contributed by atoms with Gasteiger partial charge in [0, 0.05) is 29.2 Å². The summed E-state index contributed by atoms with van der Waals surface area (Å²) in [4.78, 5) is 27.6. The zero-order chi connectivity index (χ0) is 21.5. The van der Waals surface area contributed by atoms with Crippen molar-refractivity contribution in [2.24, 2.45) is 5.92 Å². The molecule has 2 amide bonds. The summed E-state index contributed by atoms with van der Waals surface area (Å²) in [6, 6.07) is 10.3. The number of hydrogen-bond donors (Lipinski definition) is 2. The number of piperidine rings is 3. The third-order valence-corrected chi connectivity index (χ3v) is 7.00. The fraction of sp³-hybridized carbons (Fsp3) is 0.429. The summed E-state index contributed by atoms with van der Waals surface area (Å²) < 4.78 is 37.4. The topological polar surface area (TPSA) is 61.4 Å². The average molecular weight is 437 g/mol. The number of hydrogen-bond acceptors (Lipinski definition) is 4. The molecular weight excluding hydrogens is 415 g/mol. The van der Waals surface area contributed by atoms with E-state index in [1.54, 1.807) is 24.3 Å². The van der Waals surface area contributed by atoms with Gasteiger partial charge in [-0.2, -0.15) is 13.2 Å². The van der Waals surface area contributed by atoms with Crippen molar-refractivity contribution in [3.8, 4) is 10.4 Å². The molecule has 0 aliphatic carbocycles. The molecule has 3 fully saturated rings. The van der Waals surface area contributed by atoms with Gasteiger partial charge < -0.3 is 10.6 Å². The average Bonchev–Trinajstić information content (AvgIpc) is 3.19. The molecule has 0 radical (unpaired) electrons. The zero-order valence-corrected chi connectivity index (χ0v) is 17.1. The maximum atomic E-state index is 12.7. The summed E-state index contributed by atoms with van der Waals surface area (Å²) in [5.74, 6) is -1.64. The number of rotatable bonds is 4. The Morgan fingerprint density at radius 2 is 2.00 bits per heavy atom. The molecule has 5 rings (SSSR count). The van der Waals surface area contributed by atoms with Gasteiger partial charge in [-0.15, -0.1) is 11.3 Å². The van der Waals surface area contributed by atoms with Gasteiger partial charge >= 0.3 is 12.1 Å². The Morgan fingerprint density at radius 3 is 2.67 bits per heavy atom. The van der Waals surface area contributed by atoms with Crippen LogP contribution < -0.4 is 10.6 Å². The first-order valence-electron chi connectivity index (χ1n) is 9.84. The quantitative estimate of drug-likeness (QED) is 0.756. The molecule has 1 aromatic carbocycles. The second-order valence-electron chi connectivity index (χ2n) is 7.90. The first kappa shape index (κ1) is 20.9. The molecule has 1 aromatic heterocycles. The van der Waals surface area contributed by atoms with E-state index < -0.39 is 12.1 Å². The third kappa shape index (κ3) is 4.37. The minimum Gasteiger partial charge on any atom is -0.347 e. The number of nitrogens with one attached hydrogen (secondary N) is 2. The Hall–Kier alpha value is -2.39. The van der Waals surface area contributed by atoms with E-state index in [4.69, 9.17) is 0 Å². The standard InChI is InChI=1S/C21H22F3N3O2S/c1-12-9-13-7-8-27(12)11-16(13)26-19(28)18-6-5-17(30-18)14-3-2-4-15(10-14)25-20(29)21(22,23)24/h2-6,10,12-13,16H,7-9,11H2,1H3,(H,25,29)(H,26,28)/t12?,13?,16-/m0/s1. The molecule has 3 aliphatic heterocycles. The van der Waals surface area contributed by atoms with Crippen molar-refractivity contribution in [3.63, 3.8) is 0 Å². The maximum Gasteiger partial charge on any atom is 0.471 e. The molecule has 2 N–H and O–H groups in total. The van der Waals surface area contributed by atoms with Crippen molar-refractivity contribution < 1.29 is 22.8 Å². The lowest BCUT2D eigenvalue weighted by Crippen LogP contribution is -2.60. The molecule has 2 aromatic rings. The van der Waals surface area contributed by atoms with Crippen molar-refractivity contribution >= 4 is 28.8 Å². The molecule has 5 nitrogen and oxygen atoms in total. The second kappa shape index (κ2) is 8.03. The van der Waals surface area contributed by atoms with E-state index in [9.17, 15) is 22.8 Å². The first-order valence-corrected chi connectivity index (χ1v) is 10.7. The normalized spacial score (nSPS) is 25.7. The van der Waals surface area contributed by atoms with Crippen LogP contribution in [0.15, 0.2) is 36.4 Å². The van der Waals surface area contributed by atoms with E-state index in [0.717, 1.165) is 30.8 Å². The summed E-state index contributed by atoms with van der Waals surface area (Å²) in [5.41, 5.74) is 0.686. The van der Waals surface area contributed by atoms with E-state index in [0.29, 0.717) is 22.4 Å². The van der Waals surface area contributed by atoms with Crippen LogP contribution in [0.3, 0.4) is 0 Å². The van der Waals surface area contributed by atoms with Crippen LogP contribution in [-0.2, 0) is 4.79 Å². The highest BCUT2D eigenvalue weighted by Crippen LogP contribution is 2.33. The highest BCUT2D eigenvalue weighted by molar-refractivity contribution is 7.17. The molecule has 0 saturated carbocycles. The number of carbonyl (C=O) groups is 2. The van der Waals surface area contributed by atoms with Gasteiger partial charge in [0.05, 0.1) is 4.88 Å². The number of fused-ring (bicyclic) bond motifs is 3. The van der Waals surface area contributed by atoms with E-state index >= 15 is 0 Å². The fourth-order valence-electron chi connectivity index (χ4n) is 4.27. The highest BCUT2D eigenvalue weighted by Gasteiger charge is 2.39. The van der Waals surface area contributed by atoms with E-state index in [1.165, 1.54) is 23.5 Å². The fourth-order valence-corrected chi connectivity index (χ4v) is 5.17. The molecular formula is C21H22F3N3O2S. The predicted molar refractivity (Wildman–Crippen MR) is 109 cm³/mol. The van der Waals surface area contributed by atoms with Crippen LogP contribution in [0.5, 0.6) is 0 Å². The summed E-state index contributed by atoms with van der Waals surface area (Å²) in [6.45, 7) is 4.18. The minimum absolute atomic E-state index is 0.0515. The summed E-state index contributed by atoms with van der Waals surface area (Å²) in [5, 5.41) is 5.01. The van der Waals surface area contributed by atoms with Crippen LogP contribution >= 0.6 is 11.3 Å². The molecule has 9 heteroatoms. The number of carbonyl (C=O) groups excluding carboxylic acids is 2. The zero-order valence-electron chi connectivity index (χ0n) is 16.3.